The molecule has 0 radical (unpaired) electrons. The Kier molecular flexibility index (Phi) is 10.9. The van der Waals surface area contributed by atoms with Gasteiger partial charge in [0.25, 0.3) is 0 Å². The predicted octanol–water partition coefficient (Wildman–Crippen LogP) is 2.05. The summed E-state index contributed by atoms with van der Waals surface area (Å²) >= 11 is 0. The minimum atomic E-state index is -0.580. The molecule has 0 rings (SSSR count). The molecule has 0 unspecified atom stereocenters. The summed E-state index contributed by atoms with van der Waals surface area (Å²) in [6.45, 7) is 8.44. The first-order chi connectivity index (χ1) is 4.52. The van der Waals surface area contributed by atoms with Crippen LogP contribution in [0.2, 0.25) is 0 Å². The first-order valence-electron chi connectivity index (χ1n) is 3.87. The Morgan fingerprint density at radius 1 is 1.00 bits per heavy atom. The zero-order chi connectivity index (χ0) is 8.15. The van der Waals surface area contributed by atoms with Crippen LogP contribution in [0.25, 0.3) is 0 Å². The van der Waals surface area contributed by atoms with Crippen LogP contribution in [-0.4, -0.2) is 15.7 Å². The van der Waals surface area contributed by atoms with Crippen LogP contribution < -0.4 is 0 Å². The van der Waals surface area contributed by atoms with Crippen LogP contribution in [0.5, 0.6) is 0 Å². The molecule has 0 atom stereocenters. The van der Waals surface area contributed by atoms with E-state index in [0.717, 1.165) is 11.5 Å². The van der Waals surface area contributed by atoms with Crippen molar-refractivity contribution in [3.8, 4) is 0 Å². The van der Waals surface area contributed by atoms with E-state index in [9.17, 15) is 4.21 Å². The van der Waals surface area contributed by atoms with Gasteiger partial charge < -0.3 is 0 Å². The predicted molar refractivity (Wildman–Crippen MR) is 47.6 cm³/mol. The molecule has 0 aliphatic carbocycles. The van der Waals surface area contributed by atoms with Crippen molar-refractivity contribution >= 4 is 10.8 Å². The van der Waals surface area contributed by atoms with Gasteiger partial charge in [-0.05, 0) is 11.8 Å². The quantitative estimate of drug-likeness (QED) is 0.775. The summed E-state index contributed by atoms with van der Waals surface area (Å²) in [5.41, 5.74) is 0. The van der Waals surface area contributed by atoms with Gasteiger partial charge in [0.1, 0.15) is 0 Å². The van der Waals surface area contributed by atoms with E-state index in [1.165, 1.54) is 0 Å². The third-order valence-electron chi connectivity index (χ3n) is 1.04. The van der Waals surface area contributed by atoms with Gasteiger partial charge in [-0.1, -0.05) is 27.7 Å². The second-order valence-electron chi connectivity index (χ2n) is 3.56. The number of rotatable bonds is 4. The van der Waals surface area contributed by atoms with Gasteiger partial charge in [0.15, 0.2) is 0 Å². The minimum absolute atomic E-state index is 0. The molecule has 1 nitrogen and oxygen atoms in total. The summed E-state index contributed by atoms with van der Waals surface area (Å²) in [7, 11) is -0.580. The average Bonchev–Trinajstić information content (AvgIpc) is 1.58. The third kappa shape index (κ3) is 11.4. The molecule has 0 saturated heterocycles. The van der Waals surface area contributed by atoms with Gasteiger partial charge in [0, 0.05) is 22.3 Å². The van der Waals surface area contributed by atoms with Crippen molar-refractivity contribution in [2.75, 3.05) is 11.5 Å². The van der Waals surface area contributed by atoms with E-state index in [1.54, 1.807) is 0 Å². The molecule has 68 valence electrons. The van der Waals surface area contributed by atoms with E-state index in [2.05, 4.69) is 27.7 Å². The van der Waals surface area contributed by atoms with Gasteiger partial charge in [-0.15, -0.1) is 0 Å². The molecule has 0 aromatic rings. The van der Waals surface area contributed by atoms with Gasteiger partial charge in [0.05, 0.1) is 0 Å². The van der Waals surface area contributed by atoms with Gasteiger partial charge in [-0.25, -0.2) is 0 Å². The molecule has 11 heavy (non-hydrogen) atoms. The van der Waals surface area contributed by atoms with Crippen molar-refractivity contribution < 1.29 is 42.8 Å². The average molecular weight is 321 g/mol. The molecule has 0 heterocycles. The Hall–Kier alpha value is 1.44. The van der Waals surface area contributed by atoms with Gasteiger partial charge in [-0.2, -0.15) is 0 Å². The number of hydrogen-bond donors (Lipinski definition) is 0. The SMILES string of the molecule is CC(C)CS(=O)CC(C)C.[Tb+3]. The van der Waals surface area contributed by atoms with E-state index in [1.807, 2.05) is 0 Å². The van der Waals surface area contributed by atoms with Crippen LogP contribution in [0.4, 0.5) is 0 Å². The molecule has 0 N–H and O–H groups in total. The molecule has 0 bridgehead atoms. The third-order valence-corrected chi connectivity index (χ3v) is 3.12. The molecule has 0 aliphatic heterocycles. The van der Waals surface area contributed by atoms with Gasteiger partial charge in [-0.3, -0.25) is 4.21 Å². The summed E-state index contributed by atoms with van der Waals surface area (Å²) in [6.07, 6.45) is 0. The first kappa shape index (κ1) is 14.9. The van der Waals surface area contributed by atoms with Crippen LogP contribution in [-0.2, 0) is 10.8 Å². The van der Waals surface area contributed by atoms with Crippen LogP contribution in [0.3, 0.4) is 0 Å². The molecular weight excluding hydrogens is 303 g/mol. The van der Waals surface area contributed by atoms with Crippen LogP contribution in [0.1, 0.15) is 27.7 Å². The van der Waals surface area contributed by atoms with Crippen molar-refractivity contribution in [2.24, 2.45) is 11.8 Å². The van der Waals surface area contributed by atoms with E-state index in [-0.39, 0.29) is 38.6 Å². The Morgan fingerprint density at radius 3 is 1.45 bits per heavy atom. The van der Waals surface area contributed by atoms with Crippen molar-refractivity contribution in [1.82, 2.24) is 0 Å². The van der Waals surface area contributed by atoms with Crippen molar-refractivity contribution in [3.05, 3.63) is 0 Å². The fourth-order valence-electron chi connectivity index (χ4n) is 0.812. The smallest absolute Gasteiger partial charge is 0.260 e. The van der Waals surface area contributed by atoms with E-state index in [4.69, 9.17) is 0 Å². The zero-order valence-corrected chi connectivity index (χ0v) is 10.7. The fraction of sp³-hybridized carbons (Fsp3) is 1.00. The standard InChI is InChI=1S/C8H18OS.Tb/c1-7(2)5-10(9)6-8(3)4;/h7-8H,5-6H2,1-4H3;/q;+3. The fourth-order valence-corrected chi connectivity index (χ4v) is 2.43. The van der Waals surface area contributed by atoms with Crippen LogP contribution in [0.15, 0.2) is 0 Å². The van der Waals surface area contributed by atoms with Crippen molar-refractivity contribution in [3.63, 3.8) is 0 Å². The monoisotopic (exact) mass is 321 g/mol. The molecular formula is C8H18OSTb+3. The maximum Gasteiger partial charge on any atom is 3.00 e. The number of hydrogen-bond acceptors (Lipinski definition) is 1. The summed E-state index contributed by atoms with van der Waals surface area (Å²) in [4.78, 5) is 0. The molecule has 0 aromatic heterocycles. The maximum absolute atomic E-state index is 11.2. The zero-order valence-electron chi connectivity index (χ0n) is 7.72. The summed E-state index contributed by atoms with van der Waals surface area (Å²) in [5.74, 6) is 2.86. The molecule has 0 fully saturated rings. The largest absolute Gasteiger partial charge is 3.00 e. The van der Waals surface area contributed by atoms with E-state index in [0.29, 0.717) is 11.8 Å². The van der Waals surface area contributed by atoms with Gasteiger partial charge in [0.2, 0.25) is 0 Å². The molecule has 0 aromatic carbocycles. The Bertz CT molecular complexity index is 101. The Labute approximate surface area is 104 Å². The summed E-state index contributed by atoms with van der Waals surface area (Å²) in [6, 6.07) is 0. The van der Waals surface area contributed by atoms with Crippen molar-refractivity contribution in [2.45, 2.75) is 27.7 Å². The molecule has 0 saturated carbocycles. The Morgan fingerprint density at radius 2 is 1.27 bits per heavy atom. The second-order valence-corrected chi connectivity index (χ2v) is 5.11. The summed E-state index contributed by atoms with van der Waals surface area (Å²) < 4.78 is 11.2. The Balaban J connectivity index is 0. The molecule has 0 amide bonds. The first-order valence-corrected chi connectivity index (χ1v) is 5.36. The van der Waals surface area contributed by atoms with E-state index >= 15 is 0 Å². The minimum Gasteiger partial charge on any atom is -0.260 e. The normalized spacial score (nSPS) is 10.8. The molecule has 3 heteroatoms. The van der Waals surface area contributed by atoms with Crippen molar-refractivity contribution in [1.29, 1.82) is 0 Å². The van der Waals surface area contributed by atoms with Crippen LogP contribution in [0, 0.1) is 50.4 Å². The topological polar surface area (TPSA) is 17.1 Å². The molecule has 0 spiro atoms. The molecule has 0 aliphatic rings. The summed E-state index contributed by atoms with van der Waals surface area (Å²) in [5, 5.41) is 0. The maximum atomic E-state index is 11.2. The van der Waals surface area contributed by atoms with E-state index < -0.39 is 10.8 Å². The van der Waals surface area contributed by atoms with Crippen LogP contribution >= 0.6 is 0 Å². The second kappa shape index (κ2) is 8.05. The van der Waals surface area contributed by atoms with Gasteiger partial charge >= 0.3 is 38.6 Å².